The fourth-order valence-corrected chi connectivity index (χ4v) is 3.37. The summed E-state index contributed by atoms with van der Waals surface area (Å²) in [5.74, 6) is -2.17. The third-order valence-electron chi connectivity index (χ3n) is 5.10. The number of carbonyl (C=O) groups is 2. The molecule has 2 aromatic carbocycles. The van der Waals surface area contributed by atoms with Crippen molar-refractivity contribution in [3.8, 4) is 5.75 Å². The number of carboxylic acids is 1. The van der Waals surface area contributed by atoms with Gasteiger partial charge >= 0.3 is 12.1 Å². The van der Waals surface area contributed by atoms with Crippen molar-refractivity contribution >= 4 is 11.9 Å². The van der Waals surface area contributed by atoms with Gasteiger partial charge < -0.3 is 19.9 Å². The van der Waals surface area contributed by atoms with Gasteiger partial charge in [0.25, 0.3) is 5.91 Å². The Morgan fingerprint density at radius 1 is 1.17 bits per heavy atom. The molecule has 35 heavy (non-hydrogen) atoms. The number of alkyl halides is 3. The molecule has 1 amide bonds. The van der Waals surface area contributed by atoms with E-state index in [4.69, 9.17) is 24.5 Å². The standard InChI is InChI=1S/C22H23N3O3.C2HF3O2/c1-27-19-9-7-17(8-10-19)22(26)23-13-20-21-18(11-12-28-20)15-25(24-21)14-16-5-3-2-4-6-16;3-2(4,5)1(6)7/h2-10,15,20H,11-14H2,1H3,(H,23,26);(H,6,7). The third-order valence-corrected chi connectivity index (χ3v) is 5.10. The molecule has 0 saturated carbocycles. The van der Waals surface area contributed by atoms with Crippen LogP contribution in [0.15, 0.2) is 60.8 Å². The van der Waals surface area contributed by atoms with Gasteiger partial charge in [-0.2, -0.15) is 18.3 Å². The number of aliphatic carboxylic acids is 1. The number of hydrogen-bond donors (Lipinski definition) is 2. The Hall–Kier alpha value is -3.86. The van der Waals surface area contributed by atoms with Crippen LogP contribution in [0.3, 0.4) is 0 Å². The monoisotopic (exact) mass is 491 g/mol. The number of aromatic nitrogens is 2. The second-order valence-corrected chi connectivity index (χ2v) is 7.57. The van der Waals surface area contributed by atoms with Crippen molar-refractivity contribution in [2.24, 2.45) is 0 Å². The molecule has 1 atom stereocenters. The molecule has 0 bridgehead atoms. The first kappa shape index (κ1) is 25.8. The van der Waals surface area contributed by atoms with Crippen molar-refractivity contribution in [3.05, 3.63) is 83.2 Å². The molecule has 2 heterocycles. The van der Waals surface area contributed by atoms with Crippen LogP contribution >= 0.6 is 0 Å². The SMILES string of the molecule is COc1ccc(C(=O)NCC2OCCc3cn(Cc4ccccc4)nc32)cc1.O=C(O)C(F)(F)F. The molecule has 0 fully saturated rings. The summed E-state index contributed by atoms with van der Waals surface area (Å²) in [5.41, 5.74) is 3.89. The summed E-state index contributed by atoms with van der Waals surface area (Å²) in [5, 5.41) is 14.8. The van der Waals surface area contributed by atoms with Crippen molar-refractivity contribution in [1.82, 2.24) is 15.1 Å². The van der Waals surface area contributed by atoms with Gasteiger partial charge in [-0.3, -0.25) is 9.48 Å². The summed E-state index contributed by atoms with van der Waals surface area (Å²) in [6.45, 7) is 1.74. The molecule has 0 spiro atoms. The highest BCUT2D eigenvalue weighted by atomic mass is 19.4. The first-order valence-corrected chi connectivity index (χ1v) is 10.6. The zero-order valence-corrected chi connectivity index (χ0v) is 18.8. The van der Waals surface area contributed by atoms with Gasteiger partial charge in [-0.15, -0.1) is 0 Å². The number of nitrogens with one attached hydrogen (secondary N) is 1. The normalized spacial score (nSPS) is 14.8. The van der Waals surface area contributed by atoms with E-state index in [0.29, 0.717) is 18.7 Å². The lowest BCUT2D eigenvalue weighted by atomic mass is 10.1. The molecule has 8 nitrogen and oxygen atoms in total. The van der Waals surface area contributed by atoms with Crippen molar-refractivity contribution < 1.29 is 37.3 Å². The molecule has 1 aliphatic rings. The van der Waals surface area contributed by atoms with Gasteiger partial charge in [-0.25, -0.2) is 4.79 Å². The molecule has 4 rings (SSSR count). The molecule has 2 N–H and O–H groups in total. The molecule has 1 aromatic heterocycles. The van der Waals surface area contributed by atoms with E-state index in [9.17, 15) is 18.0 Å². The number of carboxylic acid groups (broad SMARTS) is 1. The number of hydrogen-bond acceptors (Lipinski definition) is 5. The number of ether oxygens (including phenoxy) is 2. The molecule has 11 heteroatoms. The largest absolute Gasteiger partial charge is 0.497 e. The van der Waals surface area contributed by atoms with Gasteiger partial charge in [0.15, 0.2) is 0 Å². The average molecular weight is 491 g/mol. The quantitative estimate of drug-likeness (QED) is 0.546. The number of rotatable bonds is 6. The Morgan fingerprint density at radius 3 is 2.43 bits per heavy atom. The molecular weight excluding hydrogens is 467 g/mol. The number of carbonyl (C=O) groups excluding carboxylic acids is 1. The van der Waals surface area contributed by atoms with Gasteiger partial charge in [0, 0.05) is 18.3 Å². The number of benzene rings is 2. The fourth-order valence-electron chi connectivity index (χ4n) is 3.37. The van der Waals surface area contributed by atoms with Gasteiger partial charge in [0.05, 0.1) is 26.0 Å². The predicted molar refractivity (Wildman–Crippen MR) is 119 cm³/mol. The predicted octanol–water partition coefficient (Wildman–Crippen LogP) is 3.62. The van der Waals surface area contributed by atoms with Crippen LogP contribution in [0, 0.1) is 0 Å². The minimum absolute atomic E-state index is 0.137. The highest BCUT2D eigenvalue weighted by Crippen LogP contribution is 2.25. The fraction of sp³-hybridized carbons (Fsp3) is 0.292. The van der Waals surface area contributed by atoms with E-state index in [2.05, 4.69) is 23.6 Å². The van der Waals surface area contributed by atoms with Crippen LogP contribution in [-0.2, 0) is 22.5 Å². The second kappa shape index (κ2) is 11.5. The van der Waals surface area contributed by atoms with Crippen LogP contribution in [-0.4, -0.2) is 53.2 Å². The maximum atomic E-state index is 12.4. The Balaban J connectivity index is 0.000000429. The average Bonchev–Trinajstić information content (AvgIpc) is 3.26. The molecule has 186 valence electrons. The van der Waals surface area contributed by atoms with Crippen molar-refractivity contribution in [2.75, 3.05) is 20.3 Å². The smallest absolute Gasteiger partial charge is 0.490 e. The lowest BCUT2D eigenvalue weighted by molar-refractivity contribution is -0.192. The van der Waals surface area contributed by atoms with E-state index < -0.39 is 12.1 Å². The number of methoxy groups -OCH3 is 1. The van der Waals surface area contributed by atoms with E-state index in [1.807, 2.05) is 22.9 Å². The summed E-state index contributed by atoms with van der Waals surface area (Å²) in [6.07, 6.45) is -2.39. The van der Waals surface area contributed by atoms with Crippen molar-refractivity contribution in [1.29, 1.82) is 0 Å². The van der Waals surface area contributed by atoms with Gasteiger partial charge in [0.2, 0.25) is 0 Å². The second-order valence-electron chi connectivity index (χ2n) is 7.57. The van der Waals surface area contributed by atoms with Crippen LogP contribution in [0.4, 0.5) is 13.2 Å². The van der Waals surface area contributed by atoms with E-state index >= 15 is 0 Å². The highest BCUT2D eigenvalue weighted by molar-refractivity contribution is 5.94. The molecule has 3 aromatic rings. The number of amides is 1. The van der Waals surface area contributed by atoms with Crippen molar-refractivity contribution in [2.45, 2.75) is 25.2 Å². The first-order chi connectivity index (χ1) is 16.7. The number of fused-ring (bicyclic) bond motifs is 1. The van der Waals surface area contributed by atoms with E-state index in [1.54, 1.807) is 31.4 Å². The van der Waals surface area contributed by atoms with E-state index in [-0.39, 0.29) is 12.0 Å². The molecular formula is C24H24F3N3O5. The van der Waals surface area contributed by atoms with Gasteiger partial charge in [-0.1, -0.05) is 30.3 Å². The van der Waals surface area contributed by atoms with Gasteiger partial charge in [-0.05, 0) is 41.8 Å². The van der Waals surface area contributed by atoms with Crippen LogP contribution in [0.2, 0.25) is 0 Å². The summed E-state index contributed by atoms with van der Waals surface area (Å²) in [7, 11) is 1.60. The summed E-state index contributed by atoms with van der Waals surface area (Å²) in [4.78, 5) is 21.3. The third kappa shape index (κ3) is 7.31. The van der Waals surface area contributed by atoms with Crippen LogP contribution in [0.25, 0.3) is 0 Å². The zero-order valence-electron chi connectivity index (χ0n) is 18.8. The maximum absolute atomic E-state index is 12.4. The minimum Gasteiger partial charge on any atom is -0.497 e. The zero-order chi connectivity index (χ0) is 25.4. The highest BCUT2D eigenvalue weighted by Gasteiger charge is 2.38. The minimum atomic E-state index is -5.08. The molecule has 0 radical (unpaired) electrons. The maximum Gasteiger partial charge on any atom is 0.490 e. The summed E-state index contributed by atoms with van der Waals surface area (Å²) < 4.78 is 44.7. The van der Waals surface area contributed by atoms with Crippen molar-refractivity contribution in [3.63, 3.8) is 0 Å². The number of halogens is 3. The summed E-state index contributed by atoms with van der Waals surface area (Å²) in [6, 6.07) is 17.3. The Morgan fingerprint density at radius 2 is 1.83 bits per heavy atom. The summed E-state index contributed by atoms with van der Waals surface area (Å²) >= 11 is 0. The lowest BCUT2D eigenvalue weighted by Gasteiger charge is -2.22. The van der Waals surface area contributed by atoms with E-state index in [0.717, 1.165) is 24.4 Å². The lowest BCUT2D eigenvalue weighted by Crippen LogP contribution is -2.31. The van der Waals surface area contributed by atoms with Crippen LogP contribution < -0.4 is 10.1 Å². The topological polar surface area (TPSA) is 103 Å². The molecule has 0 aliphatic carbocycles. The first-order valence-electron chi connectivity index (χ1n) is 10.6. The molecule has 1 unspecified atom stereocenters. The van der Waals surface area contributed by atoms with E-state index in [1.165, 1.54) is 11.1 Å². The Kier molecular flexibility index (Phi) is 8.48. The van der Waals surface area contributed by atoms with Crippen LogP contribution in [0.5, 0.6) is 5.75 Å². The van der Waals surface area contributed by atoms with Crippen LogP contribution in [0.1, 0.15) is 33.3 Å². The number of nitrogens with zero attached hydrogens (tertiary/aromatic N) is 2. The Labute approximate surface area is 199 Å². The van der Waals surface area contributed by atoms with Gasteiger partial charge in [0.1, 0.15) is 11.9 Å². The Bertz CT molecular complexity index is 1130. The molecule has 1 aliphatic heterocycles. The molecule has 0 saturated heterocycles.